The number of hydrogen-bond donors (Lipinski definition) is 1. The van der Waals surface area contributed by atoms with Crippen LogP contribution in [-0.4, -0.2) is 57.9 Å². The second-order valence-electron chi connectivity index (χ2n) is 6.41. The molecule has 1 fully saturated rings. The van der Waals surface area contributed by atoms with Crippen LogP contribution in [0.4, 0.5) is 4.39 Å². The van der Waals surface area contributed by atoms with Crippen LogP contribution in [0, 0.1) is 11.7 Å². The van der Waals surface area contributed by atoms with Gasteiger partial charge in [-0.3, -0.25) is 4.99 Å². The van der Waals surface area contributed by atoms with Crippen LogP contribution in [0.3, 0.4) is 0 Å². The quantitative estimate of drug-likeness (QED) is 0.242. The summed E-state index contributed by atoms with van der Waals surface area (Å²) in [4.78, 5) is 6.73. The number of likely N-dealkylation sites (N-methyl/N-ethyl adjacent to an activating group) is 1. The van der Waals surface area contributed by atoms with Crippen LogP contribution in [0.25, 0.3) is 0 Å². The van der Waals surface area contributed by atoms with Crippen LogP contribution in [0.2, 0.25) is 0 Å². The van der Waals surface area contributed by atoms with Crippen molar-refractivity contribution in [1.29, 1.82) is 0 Å². The summed E-state index contributed by atoms with van der Waals surface area (Å²) in [7, 11) is 3.65. The molecule has 0 amide bonds. The molecule has 0 spiro atoms. The van der Waals surface area contributed by atoms with Crippen LogP contribution < -0.4 is 5.32 Å². The lowest BCUT2D eigenvalue weighted by atomic mass is 10.1. The second-order valence-corrected chi connectivity index (χ2v) is 6.41. The van der Waals surface area contributed by atoms with Crippen molar-refractivity contribution in [3.63, 3.8) is 0 Å². The van der Waals surface area contributed by atoms with E-state index in [2.05, 4.69) is 15.2 Å². The molecule has 1 aromatic carbocycles. The van der Waals surface area contributed by atoms with E-state index in [0.717, 1.165) is 37.1 Å². The molecule has 1 aliphatic carbocycles. The first-order valence-electron chi connectivity index (χ1n) is 8.99. The Morgan fingerprint density at radius 1 is 1.35 bits per heavy atom. The van der Waals surface area contributed by atoms with Gasteiger partial charge in [0.2, 0.25) is 0 Å². The van der Waals surface area contributed by atoms with E-state index >= 15 is 0 Å². The van der Waals surface area contributed by atoms with Crippen molar-refractivity contribution in [3.05, 3.63) is 35.6 Å². The van der Waals surface area contributed by atoms with E-state index in [1.165, 1.54) is 25.0 Å². The molecule has 5 nitrogen and oxygen atoms in total. The van der Waals surface area contributed by atoms with Gasteiger partial charge < -0.3 is 19.7 Å². The highest BCUT2D eigenvalue weighted by Gasteiger charge is 2.21. The number of nitrogens with zero attached hydrogens (tertiary/aromatic N) is 2. The molecule has 7 heteroatoms. The first-order chi connectivity index (χ1) is 12.1. The smallest absolute Gasteiger partial charge is 0.193 e. The van der Waals surface area contributed by atoms with E-state index in [0.29, 0.717) is 13.2 Å². The third-order valence-electron chi connectivity index (χ3n) is 4.25. The first kappa shape index (κ1) is 23.1. The summed E-state index contributed by atoms with van der Waals surface area (Å²) in [5.41, 5.74) is 0.916. The van der Waals surface area contributed by atoms with Gasteiger partial charge in [-0.2, -0.15) is 0 Å². The van der Waals surface area contributed by atoms with Gasteiger partial charge in [0.15, 0.2) is 5.96 Å². The van der Waals surface area contributed by atoms with Crippen molar-refractivity contribution < 1.29 is 13.9 Å². The normalized spacial score (nSPS) is 15.3. The van der Waals surface area contributed by atoms with Crippen molar-refractivity contribution in [1.82, 2.24) is 10.2 Å². The molecule has 148 valence electrons. The maximum Gasteiger partial charge on any atom is 0.193 e. The molecule has 0 radical (unpaired) electrons. The Morgan fingerprint density at radius 2 is 2.04 bits per heavy atom. The summed E-state index contributed by atoms with van der Waals surface area (Å²) in [6.07, 6.45) is 2.41. The largest absolute Gasteiger partial charge is 0.379 e. The van der Waals surface area contributed by atoms with Crippen LogP contribution in [0.5, 0.6) is 0 Å². The number of nitrogens with one attached hydrogen (secondary N) is 1. The van der Waals surface area contributed by atoms with Gasteiger partial charge in [0.1, 0.15) is 11.9 Å². The topological polar surface area (TPSA) is 46.1 Å². The molecule has 0 saturated heterocycles. The summed E-state index contributed by atoms with van der Waals surface area (Å²) in [5, 5.41) is 3.29. The molecule has 1 saturated carbocycles. The maximum absolute atomic E-state index is 13.1. The van der Waals surface area contributed by atoms with Gasteiger partial charge in [-0.25, -0.2) is 4.39 Å². The molecule has 1 unspecified atom stereocenters. The summed E-state index contributed by atoms with van der Waals surface area (Å²) in [5.74, 6) is 1.36. The fourth-order valence-corrected chi connectivity index (χ4v) is 2.47. The Kier molecular flexibility index (Phi) is 11.1. The molecule has 2 rings (SSSR count). The molecule has 0 bridgehead atoms. The summed E-state index contributed by atoms with van der Waals surface area (Å²) < 4.78 is 24.3. The fraction of sp³-hybridized carbons (Fsp3) is 0.632. The van der Waals surface area contributed by atoms with E-state index < -0.39 is 0 Å². The second kappa shape index (κ2) is 12.5. The molecule has 0 aliphatic heterocycles. The zero-order valence-corrected chi connectivity index (χ0v) is 18.2. The molecule has 1 N–H and O–H groups in total. The summed E-state index contributed by atoms with van der Waals surface area (Å²) in [6, 6.07) is 6.36. The molecule has 26 heavy (non-hydrogen) atoms. The van der Waals surface area contributed by atoms with Gasteiger partial charge >= 0.3 is 0 Å². The van der Waals surface area contributed by atoms with Gasteiger partial charge in [-0.05, 0) is 43.4 Å². The minimum atomic E-state index is -0.249. The Hall–Kier alpha value is -0.930. The molecular formula is C19H31FIN3O2. The summed E-state index contributed by atoms with van der Waals surface area (Å²) >= 11 is 0. The van der Waals surface area contributed by atoms with Crippen molar-refractivity contribution in [3.8, 4) is 0 Å². The van der Waals surface area contributed by atoms with Crippen molar-refractivity contribution in [2.24, 2.45) is 10.9 Å². The Labute approximate surface area is 173 Å². The third-order valence-corrected chi connectivity index (χ3v) is 4.25. The van der Waals surface area contributed by atoms with Crippen LogP contribution in [0.1, 0.15) is 31.4 Å². The number of rotatable bonds is 10. The van der Waals surface area contributed by atoms with E-state index in [1.54, 1.807) is 19.2 Å². The zero-order chi connectivity index (χ0) is 18.1. The number of methoxy groups -OCH3 is 1. The number of ether oxygens (including phenoxy) is 2. The Morgan fingerprint density at radius 3 is 2.62 bits per heavy atom. The van der Waals surface area contributed by atoms with Crippen LogP contribution in [0.15, 0.2) is 29.3 Å². The highest BCUT2D eigenvalue weighted by molar-refractivity contribution is 14.0. The minimum Gasteiger partial charge on any atom is -0.379 e. The van der Waals surface area contributed by atoms with Crippen molar-refractivity contribution >= 4 is 29.9 Å². The third kappa shape index (κ3) is 8.18. The predicted octanol–water partition coefficient (Wildman–Crippen LogP) is 3.46. The van der Waals surface area contributed by atoms with Crippen LogP contribution in [-0.2, 0) is 9.47 Å². The standard InChI is InChI=1S/C19H30FN3O2.HI/c1-4-21-19(23(2)11-12-25-14-15-5-6-15)22-13-18(24-3)16-7-9-17(20)10-8-16;/h7-10,15,18H,4-6,11-14H2,1-3H3,(H,21,22);1H. The maximum atomic E-state index is 13.1. The van der Waals surface area contributed by atoms with E-state index in [4.69, 9.17) is 9.47 Å². The molecule has 1 aromatic rings. The summed E-state index contributed by atoms with van der Waals surface area (Å²) in [6.45, 7) is 5.66. The first-order valence-corrected chi connectivity index (χ1v) is 8.99. The van der Waals surface area contributed by atoms with Gasteiger partial charge in [0.25, 0.3) is 0 Å². The molecule has 0 heterocycles. The van der Waals surface area contributed by atoms with Crippen molar-refractivity contribution in [2.45, 2.75) is 25.9 Å². The minimum absolute atomic E-state index is 0. The van der Waals surface area contributed by atoms with Gasteiger partial charge in [-0.15, -0.1) is 24.0 Å². The molecular weight excluding hydrogens is 448 g/mol. The predicted molar refractivity (Wildman–Crippen MR) is 114 cm³/mol. The molecule has 0 aromatic heterocycles. The van der Waals surface area contributed by atoms with E-state index in [1.807, 2.05) is 14.0 Å². The Bertz CT molecular complexity index is 538. The number of guanidine groups is 1. The van der Waals surface area contributed by atoms with Gasteiger partial charge in [0.05, 0.1) is 13.2 Å². The highest BCUT2D eigenvalue weighted by Crippen LogP contribution is 2.28. The molecule has 1 atom stereocenters. The number of halogens is 2. The number of benzene rings is 1. The van der Waals surface area contributed by atoms with Gasteiger partial charge in [-0.1, -0.05) is 12.1 Å². The highest BCUT2D eigenvalue weighted by atomic mass is 127. The van der Waals surface area contributed by atoms with E-state index in [9.17, 15) is 4.39 Å². The zero-order valence-electron chi connectivity index (χ0n) is 15.9. The SMILES string of the molecule is CCNC(=NCC(OC)c1ccc(F)cc1)N(C)CCOCC1CC1.I. The molecule has 1 aliphatic rings. The fourth-order valence-electron chi connectivity index (χ4n) is 2.47. The van der Waals surface area contributed by atoms with Crippen molar-refractivity contribution in [2.75, 3.05) is 47.0 Å². The Balaban J connectivity index is 0.00000338. The van der Waals surface area contributed by atoms with Gasteiger partial charge in [0, 0.05) is 33.9 Å². The lowest BCUT2D eigenvalue weighted by Crippen LogP contribution is -2.41. The average molecular weight is 479 g/mol. The average Bonchev–Trinajstić information content (AvgIpc) is 3.44. The monoisotopic (exact) mass is 479 g/mol. The van der Waals surface area contributed by atoms with Crippen LogP contribution >= 0.6 is 24.0 Å². The number of hydrogen-bond acceptors (Lipinski definition) is 3. The van der Waals surface area contributed by atoms with E-state index in [-0.39, 0.29) is 35.9 Å². The lowest BCUT2D eigenvalue weighted by Gasteiger charge is -2.23. The lowest BCUT2D eigenvalue weighted by molar-refractivity contribution is 0.109. The number of aliphatic imine (C=N–C) groups is 1.